The highest BCUT2D eigenvalue weighted by Gasteiger charge is 2.29. The number of hydrogen-bond donors (Lipinski definition) is 0. The summed E-state index contributed by atoms with van der Waals surface area (Å²) in [5.41, 5.74) is 2.42. The molecule has 3 rings (SSSR count). The molecule has 0 radical (unpaired) electrons. The molecule has 0 saturated heterocycles. The predicted octanol–water partition coefficient (Wildman–Crippen LogP) is 5.20. The molecule has 24 heavy (non-hydrogen) atoms. The first-order valence-electron chi connectivity index (χ1n) is 8.81. The van der Waals surface area contributed by atoms with E-state index in [4.69, 9.17) is 4.74 Å². The van der Waals surface area contributed by atoms with Crippen molar-refractivity contribution >= 4 is 5.78 Å². The average molecular weight is 328 g/mol. The Hall–Kier alpha value is -1.90. The van der Waals surface area contributed by atoms with Gasteiger partial charge in [-0.2, -0.15) is 0 Å². The zero-order valence-electron chi connectivity index (χ0n) is 14.4. The maximum atomic E-state index is 13.4. The van der Waals surface area contributed by atoms with E-state index in [1.165, 1.54) is 37.0 Å². The monoisotopic (exact) mass is 328 g/mol. The Bertz CT molecular complexity index is 674. The normalized spacial score (nSPS) is 24.8. The summed E-state index contributed by atoms with van der Waals surface area (Å²) in [6.45, 7) is 2.20. The van der Waals surface area contributed by atoms with Crippen molar-refractivity contribution in [1.82, 2.24) is 0 Å². The first-order valence-corrected chi connectivity index (χ1v) is 8.81. The van der Waals surface area contributed by atoms with Gasteiger partial charge in [0.15, 0.2) is 5.78 Å². The highest BCUT2D eigenvalue weighted by atomic mass is 19.1. The topological polar surface area (TPSA) is 26.3 Å². The van der Waals surface area contributed by atoms with Crippen molar-refractivity contribution in [3.05, 3.63) is 53.4 Å². The van der Waals surface area contributed by atoms with Gasteiger partial charge in [-0.3, -0.25) is 4.79 Å². The highest BCUT2D eigenvalue weighted by molar-refractivity contribution is 5.92. The van der Waals surface area contributed by atoms with Crippen LogP contribution in [0.3, 0.4) is 0 Å². The van der Waals surface area contributed by atoms with Gasteiger partial charge in [-0.05, 0) is 66.7 Å². The number of benzene rings is 1. The lowest BCUT2D eigenvalue weighted by molar-refractivity contribution is -0.113. The summed E-state index contributed by atoms with van der Waals surface area (Å²) in [5, 5.41) is 0. The van der Waals surface area contributed by atoms with Gasteiger partial charge in [0.1, 0.15) is 11.6 Å². The van der Waals surface area contributed by atoms with Crippen molar-refractivity contribution in [3.8, 4) is 5.75 Å². The van der Waals surface area contributed by atoms with E-state index in [1.54, 1.807) is 13.2 Å². The predicted molar refractivity (Wildman–Crippen MR) is 93.7 cm³/mol. The molecule has 2 aliphatic rings. The van der Waals surface area contributed by atoms with Crippen molar-refractivity contribution in [3.63, 3.8) is 0 Å². The van der Waals surface area contributed by atoms with E-state index in [1.807, 2.05) is 12.1 Å². The summed E-state index contributed by atoms with van der Waals surface area (Å²) >= 11 is 0. The van der Waals surface area contributed by atoms with E-state index in [0.29, 0.717) is 29.9 Å². The van der Waals surface area contributed by atoms with Gasteiger partial charge in [-0.1, -0.05) is 25.1 Å². The second kappa shape index (κ2) is 7.33. The molecule has 0 amide bonds. The number of carbonyl (C=O) groups is 1. The van der Waals surface area contributed by atoms with Gasteiger partial charge in [0.2, 0.25) is 0 Å². The van der Waals surface area contributed by atoms with Crippen molar-refractivity contribution in [2.24, 2.45) is 11.8 Å². The van der Waals surface area contributed by atoms with Crippen molar-refractivity contribution in [2.75, 3.05) is 7.11 Å². The smallest absolute Gasteiger partial charge is 0.159 e. The van der Waals surface area contributed by atoms with Gasteiger partial charge in [0.05, 0.1) is 7.11 Å². The molecule has 1 aromatic rings. The van der Waals surface area contributed by atoms with Crippen LogP contribution < -0.4 is 4.74 Å². The molecule has 0 N–H and O–H groups in total. The molecule has 3 atom stereocenters. The van der Waals surface area contributed by atoms with Crippen LogP contribution in [0.1, 0.15) is 50.5 Å². The minimum atomic E-state index is -0.255. The number of ketones is 1. The van der Waals surface area contributed by atoms with E-state index < -0.39 is 0 Å². The number of halogens is 1. The lowest BCUT2D eigenvalue weighted by atomic mass is 9.87. The molecular weight excluding hydrogens is 303 g/mol. The van der Waals surface area contributed by atoms with Crippen molar-refractivity contribution < 1.29 is 13.9 Å². The molecule has 3 heteroatoms. The molecule has 0 aromatic heterocycles. The molecule has 1 fully saturated rings. The summed E-state index contributed by atoms with van der Waals surface area (Å²) in [4.78, 5) is 11.3. The van der Waals surface area contributed by atoms with E-state index in [-0.39, 0.29) is 11.6 Å². The Morgan fingerprint density at radius 1 is 1.29 bits per heavy atom. The first kappa shape index (κ1) is 16.9. The fourth-order valence-corrected chi connectivity index (χ4v) is 4.16. The number of rotatable bonds is 5. The maximum absolute atomic E-state index is 13.4. The molecule has 0 bridgehead atoms. The van der Waals surface area contributed by atoms with Gasteiger partial charge >= 0.3 is 0 Å². The fraction of sp³-hybridized carbons (Fsp3) is 0.476. The SMILES string of the molecule is COc1cc(F)ccc1[C@@H](C)CC1CC[C@H](C2=CCC(=O)C=C2)C1. The summed E-state index contributed by atoms with van der Waals surface area (Å²) in [6.07, 6.45) is 11.1. The quantitative estimate of drug-likeness (QED) is 0.742. The Balaban J connectivity index is 1.61. The highest BCUT2D eigenvalue weighted by Crippen LogP contribution is 2.42. The number of methoxy groups -OCH3 is 1. The second-order valence-electron chi connectivity index (χ2n) is 7.11. The Labute approximate surface area is 143 Å². The van der Waals surface area contributed by atoms with Gasteiger partial charge in [0, 0.05) is 12.5 Å². The summed E-state index contributed by atoms with van der Waals surface area (Å²) in [7, 11) is 1.60. The van der Waals surface area contributed by atoms with Crippen LogP contribution in [0.5, 0.6) is 5.75 Å². The van der Waals surface area contributed by atoms with Gasteiger partial charge in [0.25, 0.3) is 0 Å². The third kappa shape index (κ3) is 3.77. The number of ether oxygens (including phenoxy) is 1. The van der Waals surface area contributed by atoms with Crippen molar-refractivity contribution in [2.45, 2.75) is 44.9 Å². The van der Waals surface area contributed by atoms with Crippen LogP contribution in [0.4, 0.5) is 4.39 Å². The molecule has 2 aliphatic carbocycles. The van der Waals surface area contributed by atoms with Gasteiger partial charge < -0.3 is 4.74 Å². The maximum Gasteiger partial charge on any atom is 0.159 e. The third-order valence-corrected chi connectivity index (χ3v) is 5.43. The molecule has 0 spiro atoms. The van der Waals surface area contributed by atoms with Crippen LogP contribution in [0.25, 0.3) is 0 Å². The molecule has 0 heterocycles. The Morgan fingerprint density at radius 3 is 2.83 bits per heavy atom. The third-order valence-electron chi connectivity index (χ3n) is 5.43. The Kier molecular flexibility index (Phi) is 5.17. The first-order chi connectivity index (χ1) is 11.6. The molecule has 1 aromatic carbocycles. The van der Waals surface area contributed by atoms with E-state index in [9.17, 15) is 9.18 Å². The summed E-state index contributed by atoms with van der Waals surface area (Å²) in [6, 6.07) is 4.83. The summed E-state index contributed by atoms with van der Waals surface area (Å²) in [5.74, 6) is 2.20. The molecule has 0 aliphatic heterocycles. The second-order valence-corrected chi connectivity index (χ2v) is 7.11. The minimum absolute atomic E-state index is 0.199. The van der Waals surface area contributed by atoms with E-state index in [0.717, 1.165) is 12.0 Å². The van der Waals surface area contributed by atoms with Crippen LogP contribution in [0.15, 0.2) is 42.0 Å². The van der Waals surface area contributed by atoms with Crippen LogP contribution in [-0.4, -0.2) is 12.9 Å². The zero-order valence-corrected chi connectivity index (χ0v) is 14.4. The van der Waals surface area contributed by atoms with Crippen LogP contribution in [-0.2, 0) is 4.79 Å². The summed E-state index contributed by atoms with van der Waals surface area (Å²) < 4.78 is 18.7. The molecule has 1 saturated carbocycles. The lowest BCUT2D eigenvalue weighted by Gasteiger charge is -2.20. The van der Waals surface area contributed by atoms with Crippen LogP contribution in [0, 0.1) is 17.7 Å². The van der Waals surface area contributed by atoms with Gasteiger partial charge in [-0.25, -0.2) is 4.39 Å². The molecular formula is C21H25FO2. The lowest BCUT2D eigenvalue weighted by Crippen LogP contribution is -2.07. The van der Waals surface area contributed by atoms with E-state index >= 15 is 0 Å². The number of hydrogen-bond acceptors (Lipinski definition) is 2. The van der Waals surface area contributed by atoms with Crippen LogP contribution in [0.2, 0.25) is 0 Å². The van der Waals surface area contributed by atoms with E-state index in [2.05, 4.69) is 13.0 Å². The van der Waals surface area contributed by atoms with Gasteiger partial charge in [-0.15, -0.1) is 0 Å². The number of carbonyl (C=O) groups excluding carboxylic acids is 1. The zero-order chi connectivity index (χ0) is 17.1. The standard InChI is InChI=1S/C21H25FO2/c1-14(20-10-7-18(22)13-21(20)24-2)11-15-3-4-17(12-15)16-5-8-19(23)9-6-16/h5-8,10,13-15,17H,3-4,9,11-12H2,1-2H3/t14-,15?,17-/m0/s1. The number of allylic oxidation sites excluding steroid dienone is 4. The molecule has 128 valence electrons. The largest absolute Gasteiger partial charge is 0.496 e. The van der Waals surface area contributed by atoms with Crippen LogP contribution >= 0.6 is 0 Å². The molecule has 2 nitrogen and oxygen atoms in total. The molecule has 1 unspecified atom stereocenters. The Morgan fingerprint density at radius 2 is 2.12 bits per heavy atom. The minimum Gasteiger partial charge on any atom is -0.496 e. The van der Waals surface area contributed by atoms with Crippen molar-refractivity contribution in [1.29, 1.82) is 0 Å². The fourth-order valence-electron chi connectivity index (χ4n) is 4.16. The average Bonchev–Trinajstić information content (AvgIpc) is 3.03.